The van der Waals surface area contributed by atoms with Crippen molar-refractivity contribution in [3.63, 3.8) is 0 Å². The maximum absolute atomic E-state index is 11.2. The topological polar surface area (TPSA) is 26.3 Å². The van der Waals surface area contributed by atoms with Gasteiger partial charge in [-0.2, -0.15) is 25.3 Å². The summed E-state index contributed by atoms with van der Waals surface area (Å²) in [6, 6.07) is 0. The van der Waals surface area contributed by atoms with Gasteiger partial charge in [0.1, 0.15) is 0 Å². The second-order valence-electron chi connectivity index (χ2n) is 5.44. The Morgan fingerprint density at radius 2 is 1.30 bits per heavy atom. The molecule has 0 fully saturated rings. The van der Waals surface area contributed by atoms with Gasteiger partial charge in [-0.1, -0.05) is 71.1 Å². The van der Waals surface area contributed by atoms with Gasteiger partial charge in [0, 0.05) is 0 Å². The summed E-state index contributed by atoms with van der Waals surface area (Å²) in [6.07, 6.45) is 14.6. The van der Waals surface area contributed by atoms with E-state index >= 15 is 0 Å². The van der Waals surface area contributed by atoms with Crippen LogP contribution in [0.3, 0.4) is 0 Å². The minimum absolute atomic E-state index is 0.188. The molecule has 0 heterocycles. The average molecular weight is 321 g/mol. The van der Waals surface area contributed by atoms with Crippen molar-refractivity contribution in [2.45, 2.75) is 88.6 Å². The van der Waals surface area contributed by atoms with Gasteiger partial charge in [-0.05, 0) is 6.42 Å². The van der Waals surface area contributed by atoms with Crippen LogP contribution in [-0.4, -0.2) is 17.2 Å². The Labute approximate surface area is 136 Å². The van der Waals surface area contributed by atoms with E-state index in [1.165, 1.54) is 57.8 Å². The van der Waals surface area contributed by atoms with Crippen molar-refractivity contribution < 1.29 is 9.53 Å². The molecule has 0 unspecified atom stereocenters. The molecular formula is C16H32O2S2. The number of thiol groups is 2. The van der Waals surface area contributed by atoms with Crippen molar-refractivity contribution in [2.75, 3.05) is 6.61 Å². The fraction of sp³-hybridized carbons (Fsp3) is 0.938. The summed E-state index contributed by atoms with van der Waals surface area (Å²) < 4.78 is 4.89. The largest absolute Gasteiger partial charge is 0.466 e. The molecule has 0 spiro atoms. The molecule has 0 aromatic heterocycles. The monoisotopic (exact) mass is 320 g/mol. The van der Waals surface area contributed by atoms with Gasteiger partial charge in [0.15, 0.2) is 0 Å². The molecule has 0 aromatic rings. The number of carbonyl (C=O) groups excluding carboxylic acids is 1. The van der Waals surface area contributed by atoms with Crippen molar-refractivity contribution in [2.24, 2.45) is 0 Å². The van der Waals surface area contributed by atoms with Gasteiger partial charge in [-0.25, -0.2) is 0 Å². The molecule has 0 amide bonds. The molecule has 120 valence electrons. The standard InChI is InChI=1S/C16H32O2S2/c1-2-3-4-5-6-7-8-9-10-11-12-13-18-15(17)14-16(19)20/h16,19-20H,2-14H2,1H3. The lowest BCUT2D eigenvalue weighted by atomic mass is 10.1. The van der Waals surface area contributed by atoms with E-state index in [0.29, 0.717) is 6.61 Å². The van der Waals surface area contributed by atoms with E-state index in [4.69, 9.17) is 4.74 Å². The SMILES string of the molecule is CCCCCCCCCCCCCOC(=O)CC(S)S. The van der Waals surface area contributed by atoms with Gasteiger partial charge in [-0.15, -0.1) is 0 Å². The number of unbranched alkanes of at least 4 members (excludes halogenated alkanes) is 10. The van der Waals surface area contributed by atoms with Crippen LogP contribution in [0.4, 0.5) is 0 Å². The van der Waals surface area contributed by atoms with Crippen molar-refractivity contribution in [3.8, 4) is 0 Å². The molecule has 0 rings (SSSR count). The van der Waals surface area contributed by atoms with Crippen molar-refractivity contribution >= 4 is 31.2 Å². The van der Waals surface area contributed by atoms with Crippen molar-refractivity contribution in [3.05, 3.63) is 0 Å². The molecular weight excluding hydrogens is 288 g/mol. The Hall–Kier alpha value is 0.170. The molecule has 0 bridgehead atoms. The molecule has 20 heavy (non-hydrogen) atoms. The normalized spacial score (nSPS) is 11.0. The Kier molecular flexibility index (Phi) is 15.7. The second-order valence-corrected chi connectivity index (χ2v) is 7.09. The first kappa shape index (κ1) is 20.2. The van der Waals surface area contributed by atoms with Crippen LogP contribution in [0.15, 0.2) is 0 Å². The molecule has 0 aliphatic heterocycles. The van der Waals surface area contributed by atoms with Crippen LogP contribution in [0.1, 0.15) is 84.0 Å². The summed E-state index contributed by atoms with van der Waals surface area (Å²) in [5.41, 5.74) is 0. The van der Waals surface area contributed by atoms with Crippen LogP contribution in [-0.2, 0) is 9.53 Å². The minimum Gasteiger partial charge on any atom is -0.466 e. The zero-order valence-corrected chi connectivity index (χ0v) is 14.8. The molecule has 0 saturated carbocycles. The predicted octanol–water partition coefficient (Wildman–Crippen LogP) is 5.42. The summed E-state index contributed by atoms with van der Waals surface area (Å²) in [5, 5.41) is 0. The van der Waals surface area contributed by atoms with Crippen LogP contribution in [0.25, 0.3) is 0 Å². The highest BCUT2D eigenvalue weighted by Crippen LogP contribution is 2.11. The van der Waals surface area contributed by atoms with Gasteiger partial charge < -0.3 is 4.74 Å². The molecule has 0 radical (unpaired) electrons. The smallest absolute Gasteiger partial charge is 0.307 e. The lowest BCUT2D eigenvalue weighted by Gasteiger charge is -2.06. The average Bonchev–Trinajstić information content (AvgIpc) is 2.39. The number of hydrogen-bond acceptors (Lipinski definition) is 4. The lowest BCUT2D eigenvalue weighted by Crippen LogP contribution is -2.09. The summed E-state index contributed by atoms with van der Waals surface area (Å²) >= 11 is 8.08. The Balaban J connectivity index is 3.08. The number of esters is 1. The zero-order valence-electron chi connectivity index (χ0n) is 13.0. The number of ether oxygens (including phenoxy) is 1. The van der Waals surface area contributed by atoms with Crippen LogP contribution in [0, 0.1) is 0 Å². The zero-order chi connectivity index (χ0) is 15.1. The highest BCUT2D eigenvalue weighted by atomic mass is 32.2. The Morgan fingerprint density at radius 3 is 1.75 bits per heavy atom. The lowest BCUT2D eigenvalue weighted by molar-refractivity contribution is -0.143. The quantitative estimate of drug-likeness (QED) is 0.193. The summed E-state index contributed by atoms with van der Waals surface area (Å²) in [6.45, 7) is 2.80. The van der Waals surface area contributed by atoms with Gasteiger partial charge in [0.05, 0.1) is 17.6 Å². The molecule has 0 aromatic carbocycles. The third-order valence-electron chi connectivity index (χ3n) is 3.36. The molecule has 4 heteroatoms. The van der Waals surface area contributed by atoms with Gasteiger partial charge in [-0.3, -0.25) is 4.79 Å². The van der Waals surface area contributed by atoms with Gasteiger partial charge in [0.2, 0.25) is 0 Å². The molecule has 0 atom stereocenters. The van der Waals surface area contributed by atoms with E-state index in [-0.39, 0.29) is 17.0 Å². The highest BCUT2D eigenvalue weighted by molar-refractivity contribution is 7.99. The first-order valence-electron chi connectivity index (χ1n) is 8.18. The van der Waals surface area contributed by atoms with Crippen LogP contribution in [0.2, 0.25) is 0 Å². The molecule has 0 aliphatic rings. The van der Waals surface area contributed by atoms with Crippen LogP contribution >= 0.6 is 25.3 Å². The van der Waals surface area contributed by atoms with E-state index < -0.39 is 0 Å². The summed E-state index contributed by atoms with van der Waals surface area (Å²) in [4.78, 5) is 11.2. The molecule has 0 aliphatic carbocycles. The molecule has 0 saturated heterocycles. The van der Waals surface area contributed by atoms with Crippen LogP contribution in [0.5, 0.6) is 0 Å². The van der Waals surface area contributed by atoms with E-state index in [9.17, 15) is 4.79 Å². The van der Waals surface area contributed by atoms with Gasteiger partial charge in [0.25, 0.3) is 0 Å². The fourth-order valence-electron chi connectivity index (χ4n) is 2.16. The van der Waals surface area contributed by atoms with E-state index in [1.807, 2.05) is 0 Å². The maximum atomic E-state index is 11.2. The van der Waals surface area contributed by atoms with E-state index in [0.717, 1.165) is 12.8 Å². The van der Waals surface area contributed by atoms with Crippen molar-refractivity contribution in [1.29, 1.82) is 0 Å². The third kappa shape index (κ3) is 16.2. The summed E-state index contributed by atoms with van der Waals surface area (Å²) in [5.74, 6) is -0.188. The Morgan fingerprint density at radius 1 is 0.850 bits per heavy atom. The number of rotatable bonds is 14. The molecule has 0 N–H and O–H groups in total. The van der Waals surface area contributed by atoms with Crippen LogP contribution < -0.4 is 0 Å². The van der Waals surface area contributed by atoms with Crippen molar-refractivity contribution in [1.82, 2.24) is 0 Å². The predicted molar refractivity (Wildman–Crippen MR) is 93.8 cm³/mol. The van der Waals surface area contributed by atoms with E-state index in [2.05, 4.69) is 32.2 Å². The molecule has 2 nitrogen and oxygen atoms in total. The first-order chi connectivity index (χ1) is 9.66. The van der Waals surface area contributed by atoms with E-state index in [1.54, 1.807) is 0 Å². The maximum Gasteiger partial charge on any atom is 0.307 e. The second kappa shape index (κ2) is 15.6. The first-order valence-corrected chi connectivity index (χ1v) is 9.22. The third-order valence-corrected chi connectivity index (χ3v) is 3.73. The minimum atomic E-state index is -0.208. The highest BCUT2D eigenvalue weighted by Gasteiger charge is 2.06. The number of hydrogen-bond donors (Lipinski definition) is 2. The fourth-order valence-corrected chi connectivity index (χ4v) is 2.46. The number of carbonyl (C=O) groups is 1. The Bertz CT molecular complexity index is 221. The summed E-state index contributed by atoms with van der Waals surface area (Å²) in [7, 11) is 0. The van der Waals surface area contributed by atoms with Gasteiger partial charge >= 0.3 is 5.97 Å².